The zero-order valence-electron chi connectivity index (χ0n) is 16.9. The first-order valence-corrected chi connectivity index (χ1v) is 11.9. The summed E-state index contributed by atoms with van der Waals surface area (Å²) < 4.78 is 27.1. The number of sulfonamides is 1. The van der Waals surface area contributed by atoms with Gasteiger partial charge in [0.2, 0.25) is 15.9 Å². The summed E-state index contributed by atoms with van der Waals surface area (Å²) in [5, 5.41) is 2.79. The molecule has 1 saturated heterocycles. The Kier molecular flexibility index (Phi) is 7.17. The second kappa shape index (κ2) is 9.63. The highest BCUT2D eigenvalue weighted by Crippen LogP contribution is 2.26. The van der Waals surface area contributed by atoms with E-state index >= 15 is 0 Å². The van der Waals surface area contributed by atoms with Crippen LogP contribution in [-0.2, 0) is 14.8 Å². The number of nitrogens with zero attached hydrogens (tertiary/aromatic N) is 2. The van der Waals surface area contributed by atoms with E-state index in [2.05, 4.69) is 5.32 Å². The molecule has 9 heteroatoms. The lowest BCUT2D eigenvalue weighted by molar-refractivity contribution is -0.120. The molecule has 1 N–H and O–H groups in total. The SMILES string of the molecule is CN(C)C(=O)Sc1ccc(NC(=O)C2CCCN(S(=O)(=O)c3ccccc3)C2)cc1. The van der Waals surface area contributed by atoms with Crippen LogP contribution in [0, 0.1) is 5.92 Å². The third kappa shape index (κ3) is 5.41. The number of carbonyl (C=O) groups is 2. The van der Waals surface area contributed by atoms with Crippen LogP contribution < -0.4 is 5.32 Å². The molecule has 0 saturated carbocycles. The van der Waals surface area contributed by atoms with Crippen molar-refractivity contribution in [1.29, 1.82) is 0 Å². The Morgan fingerprint density at radius 3 is 2.37 bits per heavy atom. The van der Waals surface area contributed by atoms with Crippen LogP contribution in [0.1, 0.15) is 12.8 Å². The molecule has 2 aromatic rings. The Balaban J connectivity index is 1.62. The van der Waals surface area contributed by atoms with Gasteiger partial charge in [-0.25, -0.2) is 8.42 Å². The fraction of sp³-hybridized carbons (Fsp3) is 0.333. The van der Waals surface area contributed by atoms with E-state index in [0.717, 1.165) is 16.7 Å². The molecule has 1 atom stereocenters. The van der Waals surface area contributed by atoms with Gasteiger partial charge in [0.25, 0.3) is 5.24 Å². The molecule has 1 aliphatic rings. The van der Waals surface area contributed by atoms with Crippen LogP contribution >= 0.6 is 11.8 Å². The number of hydrogen-bond donors (Lipinski definition) is 1. The van der Waals surface area contributed by atoms with Crippen molar-refractivity contribution in [3.63, 3.8) is 0 Å². The summed E-state index contributed by atoms with van der Waals surface area (Å²) >= 11 is 1.11. The van der Waals surface area contributed by atoms with Crippen LogP contribution in [0.2, 0.25) is 0 Å². The fourth-order valence-electron chi connectivity index (χ4n) is 3.16. The highest BCUT2D eigenvalue weighted by Gasteiger charge is 2.33. The molecule has 1 heterocycles. The maximum absolute atomic E-state index is 12.8. The number of thioether (sulfide) groups is 1. The predicted octanol–water partition coefficient (Wildman–Crippen LogP) is 3.50. The van der Waals surface area contributed by atoms with Gasteiger partial charge in [0.05, 0.1) is 10.8 Å². The van der Waals surface area contributed by atoms with Gasteiger partial charge in [-0.1, -0.05) is 18.2 Å². The number of amides is 2. The van der Waals surface area contributed by atoms with E-state index in [1.807, 2.05) is 0 Å². The fourth-order valence-corrected chi connectivity index (χ4v) is 5.36. The Bertz CT molecular complexity index is 993. The van der Waals surface area contributed by atoms with Gasteiger partial charge in [-0.2, -0.15) is 4.31 Å². The van der Waals surface area contributed by atoms with Gasteiger partial charge in [-0.15, -0.1) is 0 Å². The van der Waals surface area contributed by atoms with E-state index in [0.29, 0.717) is 25.1 Å². The van der Waals surface area contributed by atoms with E-state index in [1.165, 1.54) is 9.21 Å². The van der Waals surface area contributed by atoms with E-state index in [9.17, 15) is 18.0 Å². The summed E-state index contributed by atoms with van der Waals surface area (Å²) in [5.41, 5.74) is 0.615. The minimum absolute atomic E-state index is 0.0753. The second-order valence-corrected chi connectivity index (χ2v) is 10.3. The van der Waals surface area contributed by atoms with Gasteiger partial charge < -0.3 is 10.2 Å². The molecule has 1 fully saturated rings. The number of benzene rings is 2. The van der Waals surface area contributed by atoms with E-state index in [-0.39, 0.29) is 22.6 Å². The first-order chi connectivity index (χ1) is 14.3. The number of piperidine rings is 1. The van der Waals surface area contributed by atoms with Crippen molar-refractivity contribution in [3.8, 4) is 0 Å². The second-order valence-electron chi connectivity index (χ2n) is 7.29. The third-order valence-corrected chi connectivity index (χ3v) is 7.76. The molecule has 2 aromatic carbocycles. The summed E-state index contributed by atoms with van der Waals surface area (Å²) in [7, 11) is -0.231. The first kappa shape index (κ1) is 22.3. The summed E-state index contributed by atoms with van der Waals surface area (Å²) in [4.78, 5) is 27.0. The Labute approximate surface area is 181 Å². The lowest BCUT2D eigenvalue weighted by Gasteiger charge is -2.31. The van der Waals surface area contributed by atoms with Crippen molar-refractivity contribution in [2.75, 3.05) is 32.5 Å². The Morgan fingerprint density at radius 1 is 1.07 bits per heavy atom. The molecular formula is C21H25N3O4S2. The largest absolute Gasteiger partial charge is 0.339 e. The molecule has 0 aliphatic carbocycles. The first-order valence-electron chi connectivity index (χ1n) is 9.62. The standard InChI is InChI=1S/C21H25N3O4S2/c1-23(2)21(26)29-18-12-10-17(11-13-18)22-20(25)16-7-6-14-24(15-16)30(27,28)19-8-4-3-5-9-19/h3-5,8-13,16H,6-7,14-15H2,1-2H3,(H,22,25). The molecular weight excluding hydrogens is 422 g/mol. The molecule has 3 rings (SSSR count). The van der Waals surface area contributed by atoms with Gasteiger partial charge >= 0.3 is 0 Å². The van der Waals surface area contributed by atoms with E-state index < -0.39 is 15.9 Å². The minimum Gasteiger partial charge on any atom is -0.339 e. The van der Waals surface area contributed by atoms with Crippen LogP contribution in [-0.4, -0.2) is 56.0 Å². The zero-order chi connectivity index (χ0) is 21.7. The molecule has 1 aliphatic heterocycles. The highest BCUT2D eigenvalue weighted by molar-refractivity contribution is 8.13. The molecule has 0 bridgehead atoms. The third-order valence-electron chi connectivity index (χ3n) is 4.83. The molecule has 0 radical (unpaired) electrons. The van der Waals surface area contributed by atoms with Crippen molar-refractivity contribution < 1.29 is 18.0 Å². The molecule has 1 unspecified atom stereocenters. The van der Waals surface area contributed by atoms with Gasteiger partial charge in [0.1, 0.15) is 0 Å². The van der Waals surface area contributed by atoms with Crippen molar-refractivity contribution in [2.45, 2.75) is 22.6 Å². The number of anilines is 1. The molecule has 30 heavy (non-hydrogen) atoms. The van der Waals surface area contributed by atoms with Gasteiger partial charge in [-0.05, 0) is 61.0 Å². The van der Waals surface area contributed by atoms with Crippen molar-refractivity contribution in [2.24, 2.45) is 5.92 Å². The maximum atomic E-state index is 12.8. The predicted molar refractivity (Wildman–Crippen MR) is 118 cm³/mol. The van der Waals surface area contributed by atoms with Gasteiger partial charge in [0.15, 0.2) is 0 Å². The molecule has 160 valence electrons. The minimum atomic E-state index is -3.61. The number of nitrogens with one attached hydrogen (secondary N) is 1. The number of hydrogen-bond acceptors (Lipinski definition) is 5. The Morgan fingerprint density at radius 2 is 1.73 bits per heavy atom. The number of rotatable bonds is 5. The number of carbonyl (C=O) groups excluding carboxylic acids is 2. The van der Waals surface area contributed by atoms with Crippen LogP contribution in [0.4, 0.5) is 10.5 Å². The van der Waals surface area contributed by atoms with Gasteiger partial charge in [-0.3, -0.25) is 9.59 Å². The monoisotopic (exact) mass is 447 g/mol. The van der Waals surface area contributed by atoms with E-state index in [4.69, 9.17) is 0 Å². The highest BCUT2D eigenvalue weighted by atomic mass is 32.2. The summed E-state index contributed by atoms with van der Waals surface area (Å²) in [6, 6.07) is 15.3. The smallest absolute Gasteiger partial charge is 0.285 e. The Hall–Kier alpha value is -2.36. The van der Waals surface area contributed by atoms with Crippen molar-refractivity contribution >= 4 is 38.6 Å². The van der Waals surface area contributed by atoms with Crippen LogP contribution in [0.25, 0.3) is 0 Å². The zero-order valence-corrected chi connectivity index (χ0v) is 18.6. The summed E-state index contributed by atoms with van der Waals surface area (Å²) in [6.07, 6.45) is 1.27. The summed E-state index contributed by atoms with van der Waals surface area (Å²) in [5.74, 6) is -0.616. The average Bonchev–Trinajstić information content (AvgIpc) is 2.75. The molecule has 0 aromatic heterocycles. The van der Waals surface area contributed by atoms with Gasteiger partial charge in [0, 0.05) is 37.8 Å². The average molecular weight is 448 g/mol. The normalized spacial score (nSPS) is 17.3. The van der Waals surface area contributed by atoms with E-state index in [1.54, 1.807) is 68.7 Å². The molecule has 2 amide bonds. The van der Waals surface area contributed by atoms with Crippen LogP contribution in [0.15, 0.2) is 64.4 Å². The topological polar surface area (TPSA) is 86.8 Å². The van der Waals surface area contributed by atoms with Crippen molar-refractivity contribution in [1.82, 2.24) is 9.21 Å². The van der Waals surface area contributed by atoms with Crippen LogP contribution in [0.3, 0.4) is 0 Å². The summed E-state index contributed by atoms with van der Waals surface area (Å²) in [6.45, 7) is 0.571. The lowest BCUT2D eigenvalue weighted by Crippen LogP contribution is -2.43. The quantitative estimate of drug-likeness (QED) is 0.709. The van der Waals surface area contributed by atoms with Crippen molar-refractivity contribution in [3.05, 3.63) is 54.6 Å². The molecule has 7 nitrogen and oxygen atoms in total. The maximum Gasteiger partial charge on any atom is 0.285 e. The lowest BCUT2D eigenvalue weighted by atomic mass is 9.99. The molecule has 0 spiro atoms. The van der Waals surface area contributed by atoms with Crippen LogP contribution in [0.5, 0.6) is 0 Å².